The summed E-state index contributed by atoms with van der Waals surface area (Å²) >= 11 is 0. The maximum Gasteiger partial charge on any atom is 0.227 e. The fourth-order valence-electron chi connectivity index (χ4n) is 3.73. The van der Waals surface area contributed by atoms with Gasteiger partial charge in [0.1, 0.15) is 0 Å². The Bertz CT molecular complexity index is 608. The quantitative estimate of drug-likeness (QED) is 0.887. The number of hydrogen-bond acceptors (Lipinski definition) is 3. The van der Waals surface area contributed by atoms with Crippen molar-refractivity contribution >= 4 is 17.5 Å². The van der Waals surface area contributed by atoms with Crippen molar-refractivity contribution < 1.29 is 14.7 Å². The molecule has 0 radical (unpaired) electrons. The van der Waals surface area contributed by atoms with Gasteiger partial charge >= 0.3 is 0 Å². The SMILES string of the molecule is CCc1ccccc1N1CC(C(=O)NC2CCC(O)CC2)CC1=O. The standard InChI is InChI=1S/C19H26N2O3/c1-2-13-5-3-4-6-17(13)21-12-14(11-18(21)23)19(24)20-15-7-9-16(22)10-8-15/h3-6,14-16,22H,2,7-12H2,1H3,(H,20,24). The summed E-state index contributed by atoms with van der Waals surface area (Å²) in [6.07, 6.45) is 4.02. The van der Waals surface area contributed by atoms with Crippen LogP contribution in [0.4, 0.5) is 5.69 Å². The zero-order chi connectivity index (χ0) is 17.1. The molecule has 5 nitrogen and oxygen atoms in total. The molecule has 0 aromatic heterocycles. The van der Waals surface area contributed by atoms with Crippen molar-refractivity contribution in [2.45, 2.75) is 57.6 Å². The predicted molar refractivity (Wildman–Crippen MR) is 92.7 cm³/mol. The fraction of sp³-hybridized carbons (Fsp3) is 0.579. The molecule has 1 unspecified atom stereocenters. The molecule has 1 saturated carbocycles. The minimum absolute atomic E-state index is 0.0233. The number of aliphatic hydroxyl groups excluding tert-OH is 1. The highest BCUT2D eigenvalue weighted by Gasteiger charge is 2.36. The number of nitrogens with one attached hydrogen (secondary N) is 1. The van der Waals surface area contributed by atoms with Crippen molar-refractivity contribution in [1.29, 1.82) is 0 Å². The summed E-state index contributed by atoms with van der Waals surface area (Å²) in [7, 11) is 0. The Kier molecular flexibility index (Phi) is 5.19. The Morgan fingerprint density at radius 2 is 1.96 bits per heavy atom. The molecular weight excluding hydrogens is 304 g/mol. The Morgan fingerprint density at radius 3 is 2.67 bits per heavy atom. The van der Waals surface area contributed by atoms with Crippen molar-refractivity contribution in [2.75, 3.05) is 11.4 Å². The van der Waals surface area contributed by atoms with E-state index < -0.39 is 0 Å². The van der Waals surface area contributed by atoms with E-state index in [9.17, 15) is 14.7 Å². The minimum atomic E-state index is -0.283. The van der Waals surface area contributed by atoms with Crippen LogP contribution >= 0.6 is 0 Å². The van der Waals surface area contributed by atoms with Crippen LogP contribution in [0.3, 0.4) is 0 Å². The monoisotopic (exact) mass is 330 g/mol. The highest BCUT2D eigenvalue weighted by atomic mass is 16.3. The third kappa shape index (κ3) is 3.61. The van der Waals surface area contributed by atoms with Crippen molar-refractivity contribution in [1.82, 2.24) is 5.32 Å². The van der Waals surface area contributed by atoms with E-state index in [0.29, 0.717) is 6.54 Å². The largest absolute Gasteiger partial charge is 0.393 e. The summed E-state index contributed by atoms with van der Waals surface area (Å²) in [5.74, 6) is -0.286. The number of carbonyl (C=O) groups excluding carboxylic acids is 2. The molecule has 130 valence electrons. The number of hydrogen-bond donors (Lipinski definition) is 2. The summed E-state index contributed by atoms with van der Waals surface area (Å²) in [6.45, 7) is 2.53. The van der Waals surface area contributed by atoms with Gasteiger partial charge in [0.05, 0.1) is 12.0 Å². The minimum Gasteiger partial charge on any atom is -0.393 e. The summed E-state index contributed by atoms with van der Waals surface area (Å²) in [5, 5.41) is 12.6. The molecule has 5 heteroatoms. The molecule has 24 heavy (non-hydrogen) atoms. The number of aliphatic hydroxyl groups is 1. The van der Waals surface area contributed by atoms with Crippen molar-refractivity contribution in [2.24, 2.45) is 5.92 Å². The molecule has 1 aromatic carbocycles. The van der Waals surface area contributed by atoms with Gasteiger partial charge in [-0.1, -0.05) is 25.1 Å². The third-order valence-corrected chi connectivity index (χ3v) is 5.20. The van der Waals surface area contributed by atoms with Crippen LogP contribution < -0.4 is 10.2 Å². The molecule has 1 saturated heterocycles. The smallest absolute Gasteiger partial charge is 0.227 e. The van der Waals surface area contributed by atoms with Crippen LogP contribution in [0.5, 0.6) is 0 Å². The highest BCUT2D eigenvalue weighted by molar-refractivity contribution is 6.00. The molecular formula is C19H26N2O3. The molecule has 1 aliphatic heterocycles. The van der Waals surface area contributed by atoms with E-state index in [1.807, 2.05) is 24.3 Å². The van der Waals surface area contributed by atoms with Crippen LogP contribution in [0.2, 0.25) is 0 Å². The molecule has 2 fully saturated rings. The van der Waals surface area contributed by atoms with Gasteiger partial charge in [-0.3, -0.25) is 9.59 Å². The number of nitrogens with zero attached hydrogens (tertiary/aromatic N) is 1. The zero-order valence-electron chi connectivity index (χ0n) is 14.2. The molecule has 1 atom stereocenters. The number of anilines is 1. The number of carbonyl (C=O) groups is 2. The Labute approximate surface area is 143 Å². The molecule has 3 rings (SSSR count). The second kappa shape index (κ2) is 7.34. The number of benzene rings is 1. The van der Waals surface area contributed by atoms with Crippen LogP contribution in [-0.2, 0) is 16.0 Å². The lowest BCUT2D eigenvalue weighted by Crippen LogP contribution is -2.42. The highest BCUT2D eigenvalue weighted by Crippen LogP contribution is 2.29. The van der Waals surface area contributed by atoms with Gasteiger partial charge < -0.3 is 15.3 Å². The maximum atomic E-state index is 12.5. The van der Waals surface area contributed by atoms with Gasteiger partial charge in [0.25, 0.3) is 0 Å². The van der Waals surface area contributed by atoms with E-state index in [4.69, 9.17) is 0 Å². The van der Waals surface area contributed by atoms with Crippen molar-refractivity contribution in [3.63, 3.8) is 0 Å². The van der Waals surface area contributed by atoms with E-state index in [1.54, 1.807) is 4.90 Å². The Hall–Kier alpha value is -1.88. The predicted octanol–water partition coefficient (Wildman–Crippen LogP) is 2.02. The number of rotatable bonds is 4. The van der Waals surface area contributed by atoms with Gasteiger partial charge in [0.2, 0.25) is 11.8 Å². The molecule has 2 amide bonds. The molecule has 1 heterocycles. The first-order chi connectivity index (χ1) is 11.6. The van der Waals surface area contributed by atoms with Crippen LogP contribution in [0.25, 0.3) is 0 Å². The van der Waals surface area contributed by atoms with Crippen LogP contribution in [0.15, 0.2) is 24.3 Å². The van der Waals surface area contributed by atoms with E-state index in [1.165, 1.54) is 0 Å². The summed E-state index contributed by atoms with van der Waals surface area (Å²) < 4.78 is 0. The first kappa shape index (κ1) is 17.0. The van der Waals surface area contributed by atoms with Crippen LogP contribution in [0, 0.1) is 5.92 Å². The number of amides is 2. The van der Waals surface area contributed by atoms with Gasteiger partial charge in [-0.15, -0.1) is 0 Å². The lowest BCUT2D eigenvalue weighted by atomic mass is 9.92. The molecule has 1 aromatic rings. The topological polar surface area (TPSA) is 69.6 Å². The van der Waals surface area contributed by atoms with Gasteiger partial charge in [0.15, 0.2) is 0 Å². The molecule has 0 bridgehead atoms. The molecule has 2 N–H and O–H groups in total. The van der Waals surface area contributed by atoms with E-state index in [-0.39, 0.29) is 36.3 Å². The van der Waals surface area contributed by atoms with E-state index >= 15 is 0 Å². The lowest BCUT2D eigenvalue weighted by molar-refractivity contribution is -0.127. The fourth-order valence-corrected chi connectivity index (χ4v) is 3.73. The van der Waals surface area contributed by atoms with Gasteiger partial charge in [-0.2, -0.15) is 0 Å². The molecule has 2 aliphatic rings. The maximum absolute atomic E-state index is 12.5. The van der Waals surface area contributed by atoms with E-state index in [2.05, 4.69) is 12.2 Å². The first-order valence-electron chi connectivity index (χ1n) is 8.95. The normalized spacial score (nSPS) is 27.3. The van der Waals surface area contributed by atoms with Crippen molar-refractivity contribution in [3.05, 3.63) is 29.8 Å². The number of para-hydroxylation sites is 1. The zero-order valence-corrected chi connectivity index (χ0v) is 14.2. The third-order valence-electron chi connectivity index (χ3n) is 5.20. The van der Waals surface area contributed by atoms with Gasteiger partial charge in [-0.05, 0) is 43.7 Å². The Balaban J connectivity index is 1.63. The Morgan fingerprint density at radius 1 is 1.25 bits per heavy atom. The van der Waals surface area contributed by atoms with E-state index in [0.717, 1.165) is 43.4 Å². The number of aryl methyl sites for hydroxylation is 1. The average molecular weight is 330 g/mol. The van der Waals surface area contributed by atoms with Gasteiger partial charge in [-0.25, -0.2) is 0 Å². The first-order valence-corrected chi connectivity index (χ1v) is 8.95. The second-order valence-electron chi connectivity index (χ2n) is 6.90. The summed E-state index contributed by atoms with van der Waals surface area (Å²) in [4.78, 5) is 26.7. The average Bonchev–Trinajstić information content (AvgIpc) is 2.98. The summed E-state index contributed by atoms with van der Waals surface area (Å²) in [5.41, 5.74) is 2.06. The molecule has 0 spiro atoms. The van der Waals surface area contributed by atoms with Gasteiger partial charge in [0, 0.05) is 24.7 Å². The summed E-state index contributed by atoms with van der Waals surface area (Å²) in [6, 6.07) is 8.03. The van der Waals surface area contributed by atoms with Crippen molar-refractivity contribution in [3.8, 4) is 0 Å². The lowest BCUT2D eigenvalue weighted by Gasteiger charge is -2.27. The van der Waals surface area contributed by atoms with Crippen LogP contribution in [0.1, 0.15) is 44.6 Å². The second-order valence-corrected chi connectivity index (χ2v) is 6.90. The molecule has 1 aliphatic carbocycles. The van der Waals surface area contributed by atoms with Crippen LogP contribution in [-0.4, -0.2) is 35.6 Å².